The van der Waals surface area contributed by atoms with Crippen LogP contribution in [0.15, 0.2) is 0 Å². The molecule has 2 aliphatic heterocycles. The van der Waals surface area contributed by atoms with Gasteiger partial charge in [0.1, 0.15) is 0 Å². The molecule has 0 aliphatic carbocycles. The van der Waals surface area contributed by atoms with E-state index in [9.17, 15) is 5.11 Å². The van der Waals surface area contributed by atoms with E-state index in [1.165, 1.54) is 58.4 Å². The van der Waals surface area contributed by atoms with E-state index in [-0.39, 0.29) is 6.10 Å². The van der Waals surface area contributed by atoms with Gasteiger partial charge in [-0.2, -0.15) is 0 Å². The van der Waals surface area contributed by atoms with Crippen molar-refractivity contribution < 1.29 is 5.11 Å². The second kappa shape index (κ2) is 7.05. The molecule has 0 amide bonds. The summed E-state index contributed by atoms with van der Waals surface area (Å²) < 4.78 is 0. The predicted octanol–water partition coefficient (Wildman–Crippen LogP) is 2.20. The van der Waals surface area contributed by atoms with Crippen LogP contribution in [0.4, 0.5) is 0 Å². The van der Waals surface area contributed by atoms with Crippen LogP contribution < -0.4 is 0 Å². The molecule has 1 N–H and O–H groups in total. The fourth-order valence-corrected chi connectivity index (χ4v) is 3.75. The van der Waals surface area contributed by atoms with Crippen LogP contribution in [0.2, 0.25) is 0 Å². The second-order valence-corrected chi connectivity index (χ2v) is 7.04. The zero-order valence-corrected chi connectivity index (χ0v) is 13.0. The quantitative estimate of drug-likeness (QED) is 0.847. The third-order valence-corrected chi connectivity index (χ3v) is 4.95. The van der Waals surface area contributed by atoms with E-state index in [0.717, 1.165) is 12.0 Å². The summed E-state index contributed by atoms with van der Waals surface area (Å²) in [5.41, 5.74) is 0. The summed E-state index contributed by atoms with van der Waals surface area (Å²) in [6.45, 7) is 12.8. The van der Waals surface area contributed by atoms with Crippen molar-refractivity contribution in [3.05, 3.63) is 0 Å². The normalized spacial score (nSPS) is 27.0. The van der Waals surface area contributed by atoms with E-state index in [1.54, 1.807) is 0 Å². The van der Waals surface area contributed by atoms with Crippen molar-refractivity contribution in [3.63, 3.8) is 0 Å². The van der Waals surface area contributed by atoms with Crippen molar-refractivity contribution in [1.29, 1.82) is 0 Å². The van der Waals surface area contributed by atoms with Crippen LogP contribution in [-0.4, -0.2) is 59.8 Å². The Balaban J connectivity index is 1.71. The van der Waals surface area contributed by atoms with Gasteiger partial charge in [0.05, 0.1) is 6.10 Å². The molecule has 2 aliphatic rings. The Labute approximate surface area is 119 Å². The maximum absolute atomic E-state index is 9.67. The van der Waals surface area contributed by atoms with E-state index in [1.807, 2.05) is 6.92 Å². The molecule has 0 saturated carbocycles. The maximum Gasteiger partial charge on any atom is 0.0541 e. The Kier molecular flexibility index (Phi) is 5.67. The van der Waals surface area contributed by atoms with Gasteiger partial charge in [0.15, 0.2) is 0 Å². The molecule has 2 rings (SSSR count). The van der Waals surface area contributed by atoms with Gasteiger partial charge in [-0.05, 0) is 70.6 Å². The molecule has 0 aromatic carbocycles. The number of nitrogens with zero attached hydrogens (tertiary/aromatic N) is 2. The average Bonchev–Trinajstić information content (AvgIpc) is 2.39. The molecule has 0 aromatic rings. The highest BCUT2D eigenvalue weighted by atomic mass is 16.3. The number of aliphatic hydroxyl groups excluding tert-OH is 1. The van der Waals surface area contributed by atoms with Gasteiger partial charge in [0, 0.05) is 12.6 Å². The van der Waals surface area contributed by atoms with Gasteiger partial charge in [-0.25, -0.2) is 0 Å². The molecule has 2 saturated heterocycles. The van der Waals surface area contributed by atoms with Crippen LogP contribution >= 0.6 is 0 Å². The minimum Gasteiger partial charge on any atom is -0.393 e. The molecule has 0 radical (unpaired) electrons. The van der Waals surface area contributed by atoms with Gasteiger partial charge in [-0.3, -0.25) is 0 Å². The Hall–Kier alpha value is -0.120. The molecule has 0 aromatic heterocycles. The summed E-state index contributed by atoms with van der Waals surface area (Å²) in [7, 11) is 0. The number of likely N-dealkylation sites (tertiary alicyclic amines) is 2. The maximum atomic E-state index is 9.67. The van der Waals surface area contributed by atoms with E-state index in [2.05, 4.69) is 23.6 Å². The number of rotatable bonds is 4. The molecule has 3 heteroatoms. The summed E-state index contributed by atoms with van der Waals surface area (Å²) >= 11 is 0. The van der Waals surface area contributed by atoms with Crippen molar-refractivity contribution >= 4 is 0 Å². The third-order valence-electron chi connectivity index (χ3n) is 4.95. The first-order valence-corrected chi connectivity index (χ1v) is 8.20. The van der Waals surface area contributed by atoms with Crippen molar-refractivity contribution in [3.8, 4) is 0 Å². The van der Waals surface area contributed by atoms with Crippen molar-refractivity contribution in [1.82, 2.24) is 9.80 Å². The van der Waals surface area contributed by atoms with Crippen LogP contribution in [-0.2, 0) is 0 Å². The van der Waals surface area contributed by atoms with Crippen LogP contribution in [0, 0.1) is 11.8 Å². The standard InChI is InChI=1S/C16H32N2O/c1-13(2)12-17-8-6-16(7-9-17)18-10-4-15(5-11-18)14(3)19/h13-16,19H,4-12H2,1-3H3/t14-/m1/s1. The molecular weight excluding hydrogens is 236 g/mol. The number of piperidine rings is 2. The molecule has 19 heavy (non-hydrogen) atoms. The third kappa shape index (κ3) is 4.44. The van der Waals surface area contributed by atoms with Crippen LogP contribution in [0.3, 0.4) is 0 Å². The molecule has 2 fully saturated rings. The molecular formula is C16H32N2O. The zero-order valence-electron chi connectivity index (χ0n) is 13.0. The van der Waals surface area contributed by atoms with Crippen LogP contribution in [0.5, 0.6) is 0 Å². The number of aliphatic hydroxyl groups is 1. The predicted molar refractivity (Wildman–Crippen MR) is 80.3 cm³/mol. The average molecular weight is 268 g/mol. The van der Waals surface area contributed by atoms with Gasteiger partial charge in [0.25, 0.3) is 0 Å². The molecule has 1 atom stereocenters. The minimum atomic E-state index is -0.116. The Morgan fingerprint density at radius 3 is 2.00 bits per heavy atom. The highest BCUT2D eigenvalue weighted by Gasteiger charge is 2.29. The van der Waals surface area contributed by atoms with Crippen molar-refractivity contribution in [2.24, 2.45) is 11.8 Å². The van der Waals surface area contributed by atoms with E-state index < -0.39 is 0 Å². The number of hydrogen-bond donors (Lipinski definition) is 1. The van der Waals surface area contributed by atoms with Gasteiger partial charge < -0.3 is 14.9 Å². The van der Waals surface area contributed by atoms with Crippen molar-refractivity contribution in [2.45, 2.75) is 58.6 Å². The molecule has 0 spiro atoms. The van der Waals surface area contributed by atoms with E-state index >= 15 is 0 Å². The molecule has 3 nitrogen and oxygen atoms in total. The summed E-state index contributed by atoms with van der Waals surface area (Å²) in [4.78, 5) is 5.31. The van der Waals surface area contributed by atoms with Crippen LogP contribution in [0.25, 0.3) is 0 Å². The lowest BCUT2D eigenvalue weighted by Crippen LogP contribution is -2.49. The lowest BCUT2D eigenvalue weighted by atomic mass is 9.90. The smallest absolute Gasteiger partial charge is 0.0541 e. The second-order valence-electron chi connectivity index (χ2n) is 7.04. The van der Waals surface area contributed by atoms with E-state index in [4.69, 9.17) is 0 Å². The van der Waals surface area contributed by atoms with E-state index in [0.29, 0.717) is 5.92 Å². The minimum absolute atomic E-state index is 0.116. The Morgan fingerprint density at radius 2 is 1.53 bits per heavy atom. The lowest BCUT2D eigenvalue weighted by Gasteiger charge is -2.42. The molecule has 0 unspecified atom stereocenters. The number of hydrogen-bond acceptors (Lipinski definition) is 3. The lowest BCUT2D eigenvalue weighted by molar-refractivity contribution is 0.0362. The first-order valence-electron chi connectivity index (χ1n) is 8.20. The summed E-state index contributed by atoms with van der Waals surface area (Å²) in [5.74, 6) is 1.33. The Bertz CT molecular complexity index is 251. The monoisotopic (exact) mass is 268 g/mol. The van der Waals surface area contributed by atoms with Crippen molar-refractivity contribution in [2.75, 3.05) is 32.7 Å². The Morgan fingerprint density at radius 1 is 0.947 bits per heavy atom. The summed E-state index contributed by atoms with van der Waals surface area (Å²) in [6.07, 6.45) is 4.93. The van der Waals surface area contributed by atoms with Gasteiger partial charge >= 0.3 is 0 Å². The largest absolute Gasteiger partial charge is 0.393 e. The van der Waals surface area contributed by atoms with Crippen LogP contribution in [0.1, 0.15) is 46.5 Å². The van der Waals surface area contributed by atoms with Gasteiger partial charge in [-0.15, -0.1) is 0 Å². The fourth-order valence-electron chi connectivity index (χ4n) is 3.75. The summed E-state index contributed by atoms with van der Waals surface area (Å²) in [5, 5.41) is 9.67. The highest BCUT2D eigenvalue weighted by Crippen LogP contribution is 2.25. The van der Waals surface area contributed by atoms with Gasteiger partial charge in [-0.1, -0.05) is 13.8 Å². The fraction of sp³-hybridized carbons (Fsp3) is 1.00. The highest BCUT2D eigenvalue weighted by molar-refractivity contribution is 4.84. The topological polar surface area (TPSA) is 26.7 Å². The molecule has 2 heterocycles. The first kappa shape index (κ1) is 15.3. The first-order chi connectivity index (χ1) is 9.06. The SMILES string of the molecule is CC(C)CN1CCC(N2CCC([C@@H](C)O)CC2)CC1. The molecule has 112 valence electrons. The molecule has 0 bridgehead atoms. The zero-order chi connectivity index (χ0) is 13.8. The summed E-state index contributed by atoms with van der Waals surface area (Å²) in [6, 6.07) is 0.804. The van der Waals surface area contributed by atoms with Gasteiger partial charge in [0.2, 0.25) is 0 Å².